The number of benzene rings is 2. The summed E-state index contributed by atoms with van der Waals surface area (Å²) in [5.41, 5.74) is 8.26. The molecule has 0 radical (unpaired) electrons. The minimum atomic E-state index is -4.54. The van der Waals surface area contributed by atoms with Crippen LogP contribution in [0.3, 0.4) is 0 Å². The Morgan fingerprint density at radius 3 is 2.38 bits per heavy atom. The first-order valence-electron chi connectivity index (χ1n) is 9.57. The number of alkyl halides is 3. The molecule has 0 aliphatic heterocycles. The molecule has 0 aliphatic carbocycles. The highest BCUT2D eigenvalue weighted by molar-refractivity contribution is 5.69. The number of nitrogen functional groups attached to an aromatic ring is 1. The van der Waals surface area contributed by atoms with E-state index in [2.05, 4.69) is 20.3 Å². The van der Waals surface area contributed by atoms with Crippen molar-refractivity contribution in [2.24, 2.45) is 0 Å². The molecule has 0 aliphatic rings. The van der Waals surface area contributed by atoms with E-state index in [1.807, 2.05) is 31.2 Å². The number of halogens is 3. The maximum atomic E-state index is 12.8. The van der Waals surface area contributed by atoms with Gasteiger partial charge in [0, 0.05) is 29.6 Å². The second-order valence-electron chi connectivity index (χ2n) is 6.94. The van der Waals surface area contributed by atoms with Gasteiger partial charge in [-0.25, -0.2) is 4.98 Å². The summed E-state index contributed by atoms with van der Waals surface area (Å²) in [6.07, 6.45) is -3.48. The van der Waals surface area contributed by atoms with Gasteiger partial charge in [0.1, 0.15) is 23.0 Å². The van der Waals surface area contributed by atoms with Crippen molar-refractivity contribution < 1.29 is 17.9 Å². The van der Waals surface area contributed by atoms with Crippen molar-refractivity contribution in [3.05, 3.63) is 84.2 Å². The van der Waals surface area contributed by atoms with E-state index in [1.54, 1.807) is 30.3 Å². The highest BCUT2D eigenvalue weighted by Crippen LogP contribution is 2.31. The summed E-state index contributed by atoms with van der Waals surface area (Å²) in [5.74, 6) is 1.05. The summed E-state index contributed by atoms with van der Waals surface area (Å²) in [7, 11) is 0. The molecule has 6 nitrogen and oxygen atoms in total. The van der Waals surface area contributed by atoms with Crippen LogP contribution in [0.4, 0.5) is 30.6 Å². The van der Waals surface area contributed by atoms with Crippen molar-refractivity contribution in [1.82, 2.24) is 15.0 Å². The Hall–Kier alpha value is -4.14. The summed E-state index contributed by atoms with van der Waals surface area (Å²) in [5, 5.41) is 3.15. The molecule has 2 heterocycles. The number of aryl methyl sites for hydroxylation is 1. The van der Waals surface area contributed by atoms with Crippen LogP contribution < -0.4 is 15.8 Å². The van der Waals surface area contributed by atoms with Gasteiger partial charge in [0.05, 0.1) is 5.69 Å². The number of hydrogen-bond acceptors (Lipinski definition) is 6. The van der Waals surface area contributed by atoms with E-state index < -0.39 is 11.9 Å². The van der Waals surface area contributed by atoms with Crippen LogP contribution in [-0.2, 0) is 6.18 Å². The number of anilines is 3. The van der Waals surface area contributed by atoms with Gasteiger partial charge in [-0.05, 0) is 42.8 Å². The highest BCUT2D eigenvalue weighted by Gasteiger charge is 2.32. The van der Waals surface area contributed by atoms with Crippen molar-refractivity contribution in [1.29, 1.82) is 0 Å². The van der Waals surface area contributed by atoms with Crippen molar-refractivity contribution in [3.63, 3.8) is 0 Å². The maximum absolute atomic E-state index is 12.8. The molecule has 0 saturated carbocycles. The summed E-state index contributed by atoms with van der Waals surface area (Å²) in [6, 6.07) is 18.5. The summed E-state index contributed by atoms with van der Waals surface area (Å²) < 4.78 is 43.9. The van der Waals surface area contributed by atoms with Crippen LogP contribution in [0.25, 0.3) is 11.3 Å². The van der Waals surface area contributed by atoms with Crippen LogP contribution in [0.5, 0.6) is 11.5 Å². The average molecular weight is 437 g/mol. The lowest BCUT2D eigenvalue weighted by Crippen LogP contribution is -2.07. The van der Waals surface area contributed by atoms with Gasteiger partial charge in [0.2, 0.25) is 5.95 Å². The number of nitrogens with one attached hydrogen (secondary N) is 1. The third kappa shape index (κ3) is 4.94. The predicted octanol–water partition coefficient (Wildman–Crippen LogP) is 5.98. The first-order chi connectivity index (χ1) is 15.3. The van der Waals surface area contributed by atoms with Crippen molar-refractivity contribution in [2.75, 3.05) is 11.1 Å². The molecule has 0 amide bonds. The van der Waals surface area contributed by atoms with Gasteiger partial charge >= 0.3 is 6.18 Å². The topological polar surface area (TPSA) is 86.0 Å². The first-order valence-corrected chi connectivity index (χ1v) is 9.57. The minimum absolute atomic E-state index is 0.0412. The third-order valence-corrected chi connectivity index (χ3v) is 4.55. The number of rotatable bonds is 5. The molecule has 0 atom stereocenters. The summed E-state index contributed by atoms with van der Waals surface area (Å²) >= 11 is 0. The van der Waals surface area contributed by atoms with Crippen LogP contribution in [0.15, 0.2) is 72.9 Å². The largest absolute Gasteiger partial charge is 0.457 e. The van der Waals surface area contributed by atoms with Crippen LogP contribution in [0.1, 0.15) is 11.3 Å². The summed E-state index contributed by atoms with van der Waals surface area (Å²) in [6.45, 7) is 1.99. The van der Waals surface area contributed by atoms with E-state index >= 15 is 0 Å². The van der Waals surface area contributed by atoms with Crippen molar-refractivity contribution in [3.8, 4) is 22.8 Å². The zero-order valence-electron chi connectivity index (χ0n) is 16.9. The number of pyridine rings is 1. The molecule has 4 aromatic rings. The Bertz CT molecular complexity index is 1240. The molecule has 0 unspecified atom stereocenters. The molecule has 0 fully saturated rings. The monoisotopic (exact) mass is 437 g/mol. The Balaban J connectivity index is 1.51. The van der Waals surface area contributed by atoms with Gasteiger partial charge < -0.3 is 15.8 Å². The van der Waals surface area contributed by atoms with Gasteiger partial charge in [0.25, 0.3) is 0 Å². The van der Waals surface area contributed by atoms with Gasteiger partial charge in [-0.3, -0.25) is 4.98 Å². The van der Waals surface area contributed by atoms with Crippen LogP contribution in [0.2, 0.25) is 0 Å². The predicted molar refractivity (Wildman–Crippen MR) is 116 cm³/mol. The molecular formula is C23H18F3N5O. The molecule has 2 aromatic heterocycles. The van der Waals surface area contributed by atoms with Crippen molar-refractivity contribution in [2.45, 2.75) is 13.1 Å². The zero-order valence-corrected chi connectivity index (χ0v) is 16.9. The molecule has 2 aromatic carbocycles. The molecule has 162 valence electrons. The smallest absolute Gasteiger partial charge is 0.433 e. The lowest BCUT2D eigenvalue weighted by atomic mass is 10.1. The van der Waals surface area contributed by atoms with E-state index in [4.69, 9.17) is 10.5 Å². The van der Waals surface area contributed by atoms with E-state index in [-0.39, 0.29) is 11.7 Å². The quantitative estimate of drug-likeness (QED) is 0.399. The fraction of sp³-hybridized carbons (Fsp3) is 0.0870. The summed E-state index contributed by atoms with van der Waals surface area (Å²) in [4.78, 5) is 11.8. The van der Waals surface area contributed by atoms with Crippen LogP contribution in [0, 0.1) is 6.92 Å². The second-order valence-corrected chi connectivity index (χ2v) is 6.94. The van der Waals surface area contributed by atoms with Gasteiger partial charge in [-0.1, -0.05) is 24.3 Å². The minimum Gasteiger partial charge on any atom is -0.457 e. The van der Waals surface area contributed by atoms with Gasteiger partial charge in [0.15, 0.2) is 0 Å². The zero-order chi connectivity index (χ0) is 22.7. The van der Waals surface area contributed by atoms with Crippen LogP contribution in [-0.4, -0.2) is 15.0 Å². The average Bonchev–Trinajstić information content (AvgIpc) is 2.75. The molecule has 3 N–H and O–H groups in total. The number of nitrogens with zero attached hydrogens (tertiary/aromatic N) is 3. The molecule has 9 heteroatoms. The van der Waals surface area contributed by atoms with E-state index in [0.717, 1.165) is 23.4 Å². The second kappa shape index (κ2) is 8.54. The maximum Gasteiger partial charge on any atom is 0.433 e. The fourth-order valence-electron chi connectivity index (χ4n) is 3.05. The first kappa shape index (κ1) is 21.1. The highest BCUT2D eigenvalue weighted by atomic mass is 19.4. The Labute approximate surface area is 181 Å². The normalized spacial score (nSPS) is 11.2. The third-order valence-electron chi connectivity index (χ3n) is 4.55. The van der Waals surface area contributed by atoms with E-state index in [1.165, 1.54) is 6.07 Å². The molecule has 4 rings (SSSR count). The lowest BCUT2D eigenvalue weighted by Gasteiger charge is -2.11. The number of ether oxygens (including phenoxy) is 1. The van der Waals surface area contributed by atoms with E-state index in [9.17, 15) is 13.2 Å². The van der Waals surface area contributed by atoms with E-state index in [0.29, 0.717) is 22.9 Å². The van der Waals surface area contributed by atoms with Crippen LogP contribution >= 0.6 is 0 Å². The number of nitrogens with two attached hydrogens (primary N) is 1. The SMILES string of the molecule is Cc1ccccc1-c1cc(Nc2ccc(Oc3ccnc(C(F)(F)F)c3)cc2)nc(N)n1. The number of aromatic nitrogens is 3. The molecule has 0 saturated heterocycles. The van der Waals surface area contributed by atoms with Gasteiger partial charge in [-0.15, -0.1) is 0 Å². The molecule has 0 spiro atoms. The van der Waals surface area contributed by atoms with Crippen molar-refractivity contribution >= 4 is 17.5 Å². The fourth-order valence-corrected chi connectivity index (χ4v) is 3.05. The Kier molecular flexibility index (Phi) is 5.63. The number of hydrogen-bond donors (Lipinski definition) is 2. The lowest BCUT2D eigenvalue weighted by molar-refractivity contribution is -0.141. The molecular weight excluding hydrogens is 419 g/mol. The standard InChI is InChI=1S/C23H18F3N5O/c1-14-4-2-3-5-18(14)19-13-21(31-22(27)30-19)29-15-6-8-16(9-7-15)32-17-10-11-28-20(12-17)23(24,25)26/h2-13H,1H3,(H3,27,29,30,31). The van der Waals surface area contributed by atoms with Gasteiger partial charge in [-0.2, -0.15) is 18.2 Å². The Morgan fingerprint density at radius 1 is 0.906 bits per heavy atom. The molecule has 32 heavy (non-hydrogen) atoms. The Morgan fingerprint density at radius 2 is 1.66 bits per heavy atom. The molecule has 0 bridgehead atoms.